The number of carbonyl (C=O) groups excluding carboxylic acids is 1. The van der Waals surface area contributed by atoms with E-state index >= 15 is 0 Å². The van der Waals surface area contributed by atoms with Gasteiger partial charge < -0.3 is 4.74 Å². The van der Waals surface area contributed by atoms with Crippen molar-refractivity contribution in [3.8, 4) is 0 Å². The molecular weight excluding hydrogens is 480 g/mol. The Hall–Kier alpha value is -4.24. The van der Waals surface area contributed by atoms with E-state index in [0.717, 1.165) is 5.56 Å². The summed E-state index contributed by atoms with van der Waals surface area (Å²) in [6.07, 6.45) is -0.861. The number of hydrogen-bond donors (Lipinski definition) is 1. The summed E-state index contributed by atoms with van der Waals surface area (Å²) < 4.78 is 35.7. The van der Waals surface area contributed by atoms with E-state index in [0.29, 0.717) is 22.5 Å². The molecular formula is C27H24N2O6S. The summed E-state index contributed by atoms with van der Waals surface area (Å²) in [6, 6.07) is 21.0. The predicted molar refractivity (Wildman–Crippen MR) is 135 cm³/mol. The summed E-state index contributed by atoms with van der Waals surface area (Å²) in [5.41, 5.74) is 2.68. The molecule has 36 heavy (non-hydrogen) atoms. The molecule has 8 nitrogen and oxygen atoms in total. The molecule has 0 saturated carbocycles. The lowest BCUT2D eigenvalue weighted by Gasteiger charge is -2.21. The van der Waals surface area contributed by atoms with Crippen molar-refractivity contribution in [3.05, 3.63) is 123 Å². The first-order chi connectivity index (χ1) is 17.1. The van der Waals surface area contributed by atoms with Gasteiger partial charge in [0, 0.05) is 17.7 Å². The second-order valence-electron chi connectivity index (χ2n) is 8.41. The second-order valence-corrected chi connectivity index (χ2v) is 10.1. The van der Waals surface area contributed by atoms with Gasteiger partial charge in [0.25, 0.3) is 15.7 Å². The molecule has 3 aromatic rings. The molecule has 1 aliphatic heterocycles. The summed E-state index contributed by atoms with van der Waals surface area (Å²) in [7, 11) is -4.04. The summed E-state index contributed by atoms with van der Waals surface area (Å²) in [4.78, 5) is 23.4. The van der Waals surface area contributed by atoms with Crippen LogP contribution in [0.2, 0.25) is 0 Å². The van der Waals surface area contributed by atoms with E-state index in [2.05, 4.69) is 4.72 Å². The van der Waals surface area contributed by atoms with Crippen molar-refractivity contribution >= 4 is 27.2 Å². The lowest BCUT2D eigenvalue weighted by molar-refractivity contribution is -0.384. The fraction of sp³-hybridized carbons (Fsp3) is 0.148. The number of ether oxygens (including phenoxy) is 1. The van der Waals surface area contributed by atoms with Gasteiger partial charge in [-0.15, -0.1) is 0 Å². The molecule has 0 fully saturated rings. The highest BCUT2D eigenvalue weighted by Gasteiger charge is 2.37. The van der Waals surface area contributed by atoms with Crippen molar-refractivity contribution in [2.45, 2.75) is 31.8 Å². The Morgan fingerprint density at radius 1 is 0.944 bits per heavy atom. The minimum Gasteiger partial charge on any atom is -0.485 e. The molecule has 1 N–H and O–H groups in total. The number of Topliss-reactive ketones (excluding diaryl/α,β-unsaturated/α-hetero) is 1. The number of nitrogens with zero attached hydrogens (tertiary/aromatic N) is 1. The SMILES string of the molecule is CC(=O)C1=C(C)OC(c2ccc([N+](=O)[O-])cc2)/C1=C(/NS(=O)(=O)c1ccc(C)cc1)c1ccccc1. The van der Waals surface area contributed by atoms with Crippen LogP contribution in [0.15, 0.2) is 101 Å². The molecule has 4 rings (SSSR count). The molecule has 0 saturated heterocycles. The van der Waals surface area contributed by atoms with E-state index in [-0.39, 0.29) is 27.6 Å². The Bertz CT molecular complexity index is 1490. The van der Waals surface area contributed by atoms with Gasteiger partial charge in [-0.3, -0.25) is 19.6 Å². The zero-order valence-corrected chi connectivity index (χ0v) is 20.7. The highest BCUT2D eigenvalue weighted by atomic mass is 32.2. The fourth-order valence-electron chi connectivity index (χ4n) is 4.10. The van der Waals surface area contributed by atoms with Crippen LogP contribution in [0.3, 0.4) is 0 Å². The molecule has 1 aliphatic rings. The summed E-state index contributed by atoms with van der Waals surface area (Å²) in [6.45, 7) is 4.88. The van der Waals surface area contributed by atoms with Crippen LogP contribution in [-0.4, -0.2) is 19.1 Å². The van der Waals surface area contributed by atoms with Crippen LogP contribution in [0, 0.1) is 17.0 Å². The van der Waals surface area contributed by atoms with Crippen molar-refractivity contribution in [3.63, 3.8) is 0 Å². The molecule has 3 aromatic carbocycles. The topological polar surface area (TPSA) is 116 Å². The molecule has 1 atom stereocenters. The van der Waals surface area contributed by atoms with Gasteiger partial charge in [-0.25, -0.2) is 8.42 Å². The van der Waals surface area contributed by atoms with Crippen LogP contribution in [0.5, 0.6) is 0 Å². The fourth-order valence-corrected chi connectivity index (χ4v) is 5.21. The maximum atomic E-state index is 13.4. The van der Waals surface area contributed by atoms with Gasteiger partial charge in [0.05, 0.1) is 21.1 Å². The first-order valence-corrected chi connectivity index (χ1v) is 12.6. The molecule has 0 bridgehead atoms. The van der Waals surface area contributed by atoms with Crippen molar-refractivity contribution < 1.29 is 22.9 Å². The highest BCUT2D eigenvalue weighted by molar-refractivity contribution is 7.89. The third-order valence-electron chi connectivity index (χ3n) is 5.84. The van der Waals surface area contributed by atoms with Gasteiger partial charge in [-0.2, -0.15) is 0 Å². The molecule has 0 amide bonds. The zero-order chi connectivity index (χ0) is 26.0. The highest BCUT2D eigenvalue weighted by Crippen LogP contribution is 2.45. The number of ketones is 1. The first-order valence-electron chi connectivity index (χ1n) is 11.1. The number of rotatable bonds is 7. The molecule has 0 spiro atoms. The van der Waals surface area contributed by atoms with Crippen LogP contribution in [-0.2, 0) is 19.6 Å². The predicted octanol–water partition coefficient (Wildman–Crippen LogP) is 5.23. The van der Waals surface area contributed by atoms with Crippen molar-refractivity contribution in [1.82, 2.24) is 4.72 Å². The first kappa shape index (κ1) is 24.9. The molecule has 184 valence electrons. The number of nitro groups is 1. The number of nitrogens with one attached hydrogen (secondary N) is 1. The average molecular weight is 505 g/mol. The van der Waals surface area contributed by atoms with Gasteiger partial charge in [-0.05, 0) is 56.2 Å². The molecule has 9 heteroatoms. The maximum absolute atomic E-state index is 13.4. The standard InChI is InChI=1S/C27H24N2O6S/c1-17-9-15-23(16-10-17)36(33,34)28-26(20-7-5-4-6-8-20)25-24(18(2)30)19(3)35-27(25)21-11-13-22(14-12-21)29(31)32/h4-16,27-28H,1-3H3/b26-25+. The molecule has 0 radical (unpaired) electrons. The lowest BCUT2D eigenvalue weighted by atomic mass is 9.91. The Morgan fingerprint density at radius 3 is 2.11 bits per heavy atom. The average Bonchev–Trinajstić information content (AvgIpc) is 3.20. The Morgan fingerprint density at radius 2 is 1.56 bits per heavy atom. The van der Waals surface area contributed by atoms with E-state index in [1.807, 2.05) is 6.92 Å². The third-order valence-corrected chi connectivity index (χ3v) is 7.20. The van der Waals surface area contributed by atoms with E-state index in [1.54, 1.807) is 49.4 Å². The monoisotopic (exact) mass is 504 g/mol. The van der Waals surface area contributed by atoms with Crippen LogP contribution >= 0.6 is 0 Å². The number of non-ortho nitro benzene ring substituents is 1. The number of carbonyl (C=O) groups is 1. The van der Waals surface area contributed by atoms with E-state index in [1.165, 1.54) is 43.3 Å². The molecule has 1 heterocycles. The van der Waals surface area contributed by atoms with Gasteiger partial charge in [0.15, 0.2) is 11.9 Å². The zero-order valence-electron chi connectivity index (χ0n) is 19.9. The van der Waals surface area contributed by atoms with E-state index in [9.17, 15) is 23.3 Å². The number of sulfonamides is 1. The van der Waals surface area contributed by atoms with Crippen LogP contribution in [0.1, 0.15) is 36.6 Å². The maximum Gasteiger partial charge on any atom is 0.269 e. The largest absolute Gasteiger partial charge is 0.485 e. The number of benzene rings is 3. The quantitative estimate of drug-likeness (QED) is 0.348. The smallest absolute Gasteiger partial charge is 0.269 e. The van der Waals surface area contributed by atoms with Gasteiger partial charge in [0.1, 0.15) is 5.76 Å². The Balaban J connectivity index is 1.94. The van der Waals surface area contributed by atoms with Gasteiger partial charge in [-0.1, -0.05) is 48.0 Å². The van der Waals surface area contributed by atoms with Crippen molar-refractivity contribution in [1.29, 1.82) is 0 Å². The molecule has 0 aliphatic carbocycles. The minimum atomic E-state index is -4.04. The third kappa shape index (κ3) is 4.92. The Kier molecular flexibility index (Phi) is 6.76. The van der Waals surface area contributed by atoms with Crippen molar-refractivity contribution in [2.24, 2.45) is 0 Å². The molecule has 0 aromatic heterocycles. The van der Waals surface area contributed by atoms with Crippen LogP contribution in [0.4, 0.5) is 5.69 Å². The van der Waals surface area contributed by atoms with Crippen LogP contribution in [0.25, 0.3) is 5.70 Å². The van der Waals surface area contributed by atoms with E-state index < -0.39 is 21.1 Å². The number of allylic oxidation sites excluding steroid dienone is 1. The number of nitro benzene ring substituents is 1. The minimum absolute atomic E-state index is 0.0676. The normalized spacial score (nSPS) is 16.9. The number of hydrogen-bond acceptors (Lipinski definition) is 6. The molecule has 1 unspecified atom stereocenters. The summed E-state index contributed by atoms with van der Waals surface area (Å²) in [5, 5.41) is 11.1. The second kappa shape index (κ2) is 9.79. The van der Waals surface area contributed by atoms with Gasteiger partial charge in [0.2, 0.25) is 0 Å². The summed E-state index contributed by atoms with van der Waals surface area (Å²) in [5.74, 6) is 0.0405. The van der Waals surface area contributed by atoms with E-state index in [4.69, 9.17) is 4.74 Å². The Labute approximate surface area is 209 Å². The number of aryl methyl sites for hydroxylation is 1. The van der Waals surface area contributed by atoms with Gasteiger partial charge >= 0.3 is 0 Å². The van der Waals surface area contributed by atoms with Crippen molar-refractivity contribution in [2.75, 3.05) is 0 Å². The van der Waals surface area contributed by atoms with Crippen LogP contribution < -0.4 is 4.72 Å². The lowest BCUT2D eigenvalue weighted by Crippen LogP contribution is -2.25. The summed E-state index contributed by atoms with van der Waals surface area (Å²) >= 11 is 0.